The lowest BCUT2D eigenvalue weighted by molar-refractivity contribution is 0.0599. The molecule has 7 heteroatoms. The van der Waals surface area contributed by atoms with Gasteiger partial charge in [0.25, 0.3) is 5.91 Å². The Bertz CT molecular complexity index is 895. The van der Waals surface area contributed by atoms with Crippen LogP contribution < -0.4 is 10.2 Å². The van der Waals surface area contributed by atoms with Gasteiger partial charge in [0.15, 0.2) is 0 Å². The summed E-state index contributed by atoms with van der Waals surface area (Å²) in [6.07, 6.45) is 0. The number of piperazine rings is 1. The third kappa shape index (κ3) is 3.89. The van der Waals surface area contributed by atoms with E-state index in [0.717, 1.165) is 37.4 Å². The van der Waals surface area contributed by atoms with Crippen molar-refractivity contribution in [1.82, 2.24) is 9.88 Å². The van der Waals surface area contributed by atoms with Crippen LogP contribution in [0.25, 0.3) is 0 Å². The average molecular weight is 384 g/mol. The molecule has 0 radical (unpaired) electrons. The molecular formula is C21H28N4O3. The van der Waals surface area contributed by atoms with Gasteiger partial charge in [0, 0.05) is 43.2 Å². The number of benzene rings is 1. The van der Waals surface area contributed by atoms with Crippen molar-refractivity contribution in [2.45, 2.75) is 20.8 Å². The Balaban J connectivity index is 1.77. The highest BCUT2D eigenvalue weighted by Gasteiger charge is 2.23. The first-order valence-corrected chi connectivity index (χ1v) is 9.44. The summed E-state index contributed by atoms with van der Waals surface area (Å²) in [5.41, 5.74) is 4.93. The summed E-state index contributed by atoms with van der Waals surface area (Å²) in [4.78, 5) is 32.4. The van der Waals surface area contributed by atoms with E-state index in [0.29, 0.717) is 22.5 Å². The van der Waals surface area contributed by atoms with Gasteiger partial charge in [0.05, 0.1) is 12.7 Å². The van der Waals surface area contributed by atoms with Crippen molar-refractivity contribution in [3.8, 4) is 0 Å². The van der Waals surface area contributed by atoms with Gasteiger partial charge < -0.3 is 24.8 Å². The Kier molecular flexibility index (Phi) is 5.74. The van der Waals surface area contributed by atoms with Crippen molar-refractivity contribution in [3.05, 3.63) is 46.3 Å². The molecule has 2 heterocycles. The summed E-state index contributed by atoms with van der Waals surface area (Å²) in [6, 6.07) is 6.08. The molecule has 1 amide bonds. The monoisotopic (exact) mass is 384 g/mol. The predicted octanol–water partition coefficient (Wildman–Crippen LogP) is 2.73. The van der Waals surface area contributed by atoms with E-state index < -0.39 is 5.97 Å². The van der Waals surface area contributed by atoms with E-state index in [1.54, 1.807) is 13.8 Å². The number of hydrogen-bond donors (Lipinski definition) is 2. The highest BCUT2D eigenvalue weighted by molar-refractivity contribution is 6.07. The highest BCUT2D eigenvalue weighted by Crippen LogP contribution is 2.25. The fourth-order valence-corrected chi connectivity index (χ4v) is 3.62. The van der Waals surface area contributed by atoms with E-state index in [1.807, 2.05) is 19.1 Å². The number of hydrogen-bond acceptors (Lipinski definition) is 5. The zero-order valence-electron chi connectivity index (χ0n) is 17.2. The van der Waals surface area contributed by atoms with Crippen LogP contribution >= 0.6 is 0 Å². The summed E-state index contributed by atoms with van der Waals surface area (Å²) < 4.78 is 4.81. The molecule has 1 aliphatic heterocycles. The number of nitrogens with one attached hydrogen (secondary N) is 2. The Labute approximate surface area is 165 Å². The molecular weight excluding hydrogens is 356 g/mol. The lowest BCUT2D eigenvalue weighted by Gasteiger charge is -2.34. The Morgan fingerprint density at radius 1 is 1.11 bits per heavy atom. The highest BCUT2D eigenvalue weighted by atomic mass is 16.5. The van der Waals surface area contributed by atoms with E-state index in [1.165, 1.54) is 12.8 Å². The molecule has 0 spiro atoms. The minimum atomic E-state index is -0.446. The van der Waals surface area contributed by atoms with Gasteiger partial charge in [-0.2, -0.15) is 0 Å². The molecule has 1 saturated heterocycles. The predicted molar refractivity (Wildman–Crippen MR) is 110 cm³/mol. The lowest BCUT2D eigenvalue weighted by atomic mass is 10.1. The number of aromatic nitrogens is 1. The fourth-order valence-electron chi connectivity index (χ4n) is 3.62. The van der Waals surface area contributed by atoms with Crippen LogP contribution in [0, 0.1) is 20.8 Å². The van der Waals surface area contributed by atoms with Gasteiger partial charge in [-0.15, -0.1) is 0 Å². The van der Waals surface area contributed by atoms with Gasteiger partial charge in [0.1, 0.15) is 5.69 Å². The topological polar surface area (TPSA) is 77.7 Å². The maximum absolute atomic E-state index is 12.8. The number of aryl methyl sites for hydroxylation is 2. The third-order valence-electron chi connectivity index (χ3n) is 5.38. The number of rotatable bonds is 4. The minimum absolute atomic E-state index is 0.272. The summed E-state index contributed by atoms with van der Waals surface area (Å²) in [5.74, 6) is -0.718. The molecule has 7 nitrogen and oxygen atoms in total. The number of ether oxygens (including phenoxy) is 1. The summed E-state index contributed by atoms with van der Waals surface area (Å²) in [5, 5.41) is 2.95. The minimum Gasteiger partial charge on any atom is -0.465 e. The van der Waals surface area contributed by atoms with Crippen molar-refractivity contribution >= 4 is 23.3 Å². The Morgan fingerprint density at radius 3 is 2.39 bits per heavy atom. The molecule has 28 heavy (non-hydrogen) atoms. The number of H-pyrrole nitrogens is 1. The molecule has 1 aliphatic rings. The molecule has 0 bridgehead atoms. The normalized spacial score (nSPS) is 14.8. The number of carbonyl (C=O) groups excluding carboxylic acids is 2. The van der Waals surface area contributed by atoms with Crippen molar-refractivity contribution in [3.63, 3.8) is 0 Å². The standard InChI is InChI=1S/C21H28N4O3/c1-13-12-16(25-10-8-24(4)9-11-25)6-7-17(13)23-20(26)19-14(2)18(15(3)22-19)21(27)28-5/h6-7,12,22H,8-11H2,1-5H3,(H,23,26). The second kappa shape index (κ2) is 8.06. The van der Waals surface area contributed by atoms with Crippen LogP contribution in [0.15, 0.2) is 18.2 Å². The van der Waals surface area contributed by atoms with Gasteiger partial charge in [-0.05, 0) is 57.1 Å². The Hall–Kier alpha value is -2.80. The lowest BCUT2D eigenvalue weighted by Crippen LogP contribution is -2.44. The van der Waals surface area contributed by atoms with E-state index in [4.69, 9.17) is 4.74 Å². The van der Waals surface area contributed by atoms with Gasteiger partial charge >= 0.3 is 5.97 Å². The third-order valence-corrected chi connectivity index (χ3v) is 5.38. The molecule has 150 valence electrons. The Morgan fingerprint density at radius 2 is 1.79 bits per heavy atom. The second-order valence-corrected chi connectivity index (χ2v) is 7.36. The smallest absolute Gasteiger partial charge is 0.339 e. The van der Waals surface area contributed by atoms with Crippen LogP contribution in [0.5, 0.6) is 0 Å². The average Bonchev–Trinajstić information content (AvgIpc) is 2.97. The van der Waals surface area contributed by atoms with Crippen LogP contribution in [0.4, 0.5) is 11.4 Å². The molecule has 2 N–H and O–H groups in total. The molecule has 3 rings (SSSR count). The van der Waals surface area contributed by atoms with Crippen LogP contribution in [0.3, 0.4) is 0 Å². The van der Waals surface area contributed by atoms with E-state index >= 15 is 0 Å². The van der Waals surface area contributed by atoms with Gasteiger partial charge in [-0.25, -0.2) is 4.79 Å². The number of likely N-dealkylation sites (N-methyl/N-ethyl adjacent to an activating group) is 1. The maximum Gasteiger partial charge on any atom is 0.339 e. The van der Waals surface area contributed by atoms with Crippen molar-refractivity contribution < 1.29 is 14.3 Å². The maximum atomic E-state index is 12.8. The number of anilines is 2. The molecule has 2 aromatic rings. The largest absolute Gasteiger partial charge is 0.465 e. The number of amides is 1. The number of carbonyl (C=O) groups is 2. The molecule has 0 atom stereocenters. The second-order valence-electron chi connectivity index (χ2n) is 7.36. The zero-order valence-corrected chi connectivity index (χ0v) is 17.2. The first-order valence-electron chi connectivity index (χ1n) is 9.44. The van der Waals surface area contributed by atoms with Crippen LogP contribution in [-0.2, 0) is 4.74 Å². The van der Waals surface area contributed by atoms with Crippen LogP contribution in [0.1, 0.15) is 37.7 Å². The molecule has 1 fully saturated rings. The zero-order chi connectivity index (χ0) is 20.4. The first-order chi connectivity index (χ1) is 13.3. The first kappa shape index (κ1) is 19.9. The van der Waals surface area contributed by atoms with E-state index in [9.17, 15) is 9.59 Å². The van der Waals surface area contributed by atoms with E-state index in [2.05, 4.69) is 33.2 Å². The van der Waals surface area contributed by atoms with Gasteiger partial charge in [-0.3, -0.25) is 4.79 Å². The SMILES string of the molecule is COC(=O)c1c(C)[nH]c(C(=O)Nc2ccc(N3CCN(C)CC3)cc2C)c1C. The van der Waals surface area contributed by atoms with Gasteiger partial charge in [0.2, 0.25) is 0 Å². The van der Waals surface area contributed by atoms with Crippen molar-refractivity contribution in [2.75, 3.05) is 50.6 Å². The molecule has 1 aromatic carbocycles. The summed E-state index contributed by atoms with van der Waals surface area (Å²) in [6.45, 7) is 9.58. The summed E-state index contributed by atoms with van der Waals surface area (Å²) >= 11 is 0. The molecule has 0 saturated carbocycles. The summed E-state index contributed by atoms with van der Waals surface area (Å²) in [7, 11) is 3.47. The van der Waals surface area contributed by atoms with E-state index in [-0.39, 0.29) is 5.91 Å². The number of methoxy groups -OCH3 is 1. The van der Waals surface area contributed by atoms with Gasteiger partial charge in [-0.1, -0.05) is 0 Å². The molecule has 0 unspecified atom stereocenters. The molecule has 0 aliphatic carbocycles. The number of esters is 1. The van der Waals surface area contributed by atoms with Crippen LogP contribution in [0.2, 0.25) is 0 Å². The van der Waals surface area contributed by atoms with Crippen LogP contribution in [-0.4, -0.2) is 62.1 Å². The molecule has 1 aromatic heterocycles. The number of aromatic amines is 1. The fraction of sp³-hybridized carbons (Fsp3) is 0.429. The van der Waals surface area contributed by atoms with Crippen molar-refractivity contribution in [1.29, 1.82) is 0 Å². The quantitative estimate of drug-likeness (QED) is 0.793. The van der Waals surface area contributed by atoms with Crippen molar-refractivity contribution in [2.24, 2.45) is 0 Å². The number of nitrogens with zero attached hydrogens (tertiary/aromatic N) is 2.